The van der Waals surface area contributed by atoms with Gasteiger partial charge in [0.1, 0.15) is 0 Å². The summed E-state index contributed by atoms with van der Waals surface area (Å²) in [5.74, 6) is 0.724. The molecule has 0 unspecified atom stereocenters. The Balaban J connectivity index is 1.79. The van der Waals surface area contributed by atoms with Crippen LogP contribution in [0.15, 0.2) is 79.4 Å². The molecule has 174 valence electrons. The number of hydrogen-bond donors (Lipinski definition) is 0. The highest BCUT2D eigenvalue weighted by Gasteiger charge is 2.49. The van der Waals surface area contributed by atoms with E-state index in [0.717, 1.165) is 53.1 Å². The largest absolute Gasteiger partial charge is 0.426 e. The van der Waals surface area contributed by atoms with Gasteiger partial charge in [-0.25, -0.2) is 9.97 Å². The molecule has 1 fully saturated rings. The Bertz CT molecular complexity index is 1180. The summed E-state index contributed by atoms with van der Waals surface area (Å²) in [6.45, 7) is 15.3. The van der Waals surface area contributed by atoms with E-state index in [9.17, 15) is 0 Å². The smallest absolute Gasteiger partial charge is 0.327 e. The van der Waals surface area contributed by atoms with Gasteiger partial charge >= 0.3 is 6.92 Å². The van der Waals surface area contributed by atoms with Crippen LogP contribution >= 0.6 is 0 Å². The van der Waals surface area contributed by atoms with Gasteiger partial charge in [0.15, 0.2) is 5.82 Å². The Morgan fingerprint density at radius 1 is 1.00 bits per heavy atom. The molecule has 1 aliphatic heterocycles. The lowest BCUT2D eigenvalue weighted by Gasteiger charge is -2.34. The van der Waals surface area contributed by atoms with Crippen molar-refractivity contribution in [3.8, 4) is 22.6 Å². The fraction of sp³-hybridized carbons (Fsp3) is 0.333. The molecule has 1 aromatic heterocycles. The minimum atomic E-state index is -0.167. The second-order valence-electron chi connectivity index (χ2n) is 10.3. The van der Waals surface area contributed by atoms with Gasteiger partial charge in [-0.3, -0.25) is 0 Å². The standard InChI is InChI=1S/C30H35BN2O/c1-7-9-14-22(8-2)26-20-27(33-28(32-26)23-15-11-10-12-16-23)24-17-13-18-25(19-24)31-21-29(3,4)30(5,6)34-31/h8,10-20H,2,7,9,21H2,1,3-6H3/b22-14+. The maximum absolute atomic E-state index is 6.50. The molecule has 2 heterocycles. The van der Waals surface area contributed by atoms with Crippen LogP contribution in [-0.4, -0.2) is 22.5 Å². The number of hydrogen-bond acceptors (Lipinski definition) is 3. The number of rotatable bonds is 7. The molecule has 0 amide bonds. The fourth-order valence-electron chi connectivity index (χ4n) is 4.40. The highest BCUT2D eigenvalue weighted by Crippen LogP contribution is 2.45. The zero-order valence-corrected chi connectivity index (χ0v) is 21.1. The van der Waals surface area contributed by atoms with Crippen LogP contribution in [0.25, 0.3) is 28.2 Å². The van der Waals surface area contributed by atoms with Gasteiger partial charge in [-0.15, -0.1) is 0 Å². The molecule has 1 saturated heterocycles. The third-order valence-corrected chi connectivity index (χ3v) is 7.24. The topological polar surface area (TPSA) is 35.0 Å². The molecule has 0 aliphatic carbocycles. The molecule has 3 nitrogen and oxygen atoms in total. The number of unbranched alkanes of at least 4 members (excludes halogenated alkanes) is 1. The van der Waals surface area contributed by atoms with Crippen molar-refractivity contribution >= 4 is 18.0 Å². The van der Waals surface area contributed by atoms with E-state index < -0.39 is 0 Å². The molecule has 4 rings (SSSR count). The van der Waals surface area contributed by atoms with Gasteiger partial charge in [-0.1, -0.05) is 101 Å². The first kappa shape index (κ1) is 24.2. The van der Waals surface area contributed by atoms with Gasteiger partial charge in [0.05, 0.1) is 17.0 Å². The molecule has 4 heteroatoms. The van der Waals surface area contributed by atoms with Crippen LogP contribution in [0, 0.1) is 5.41 Å². The second kappa shape index (κ2) is 9.72. The lowest BCUT2D eigenvalue weighted by atomic mass is 9.54. The van der Waals surface area contributed by atoms with Crippen LogP contribution in [-0.2, 0) is 4.65 Å². The molecule has 0 N–H and O–H groups in total. The average molecular weight is 450 g/mol. The van der Waals surface area contributed by atoms with E-state index in [2.05, 4.69) is 89.7 Å². The average Bonchev–Trinajstić information content (AvgIpc) is 3.07. The predicted molar refractivity (Wildman–Crippen MR) is 145 cm³/mol. The molecule has 3 aromatic rings. The Kier molecular flexibility index (Phi) is 6.90. The molecule has 0 saturated carbocycles. The van der Waals surface area contributed by atoms with E-state index in [0.29, 0.717) is 0 Å². The molecule has 0 radical (unpaired) electrons. The van der Waals surface area contributed by atoms with Crippen molar-refractivity contribution in [2.75, 3.05) is 0 Å². The molecular weight excluding hydrogens is 415 g/mol. The Morgan fingerprint density at radius 3 is 2.38 bits per heavy atom. The quantitative estimate of drug-likeness (QED) is 0.282. The fourth-order valence-corrected chi connectivity index (χ4v) is 4.40. The maximum atomic E-state index is 6.50. The highest BCUT2D eigenvalue weighted by atomic mass is 16.5. The minimum absolute atomic E-state index is 0.0769. The molecule has 0 spiro atoms. The zero-order chi connectivity index (χ0) is 24.3. The molecule has 34 heavy (non-hydrogen) atoms. The summed E-state index contributed by atoms with van der Waals surface area (Å²) < 4.78 is 6.50. The summed E-state index contributed by atoms with van der Waals surface area (Å²) in [6, 6.07) is 20.9. The van der Waals surface area contributed by atoms with E-state index in [4.69, 9.17) is 14.6 Å². The summed E-state index contributed by atoms with van der Waals surface area (Å²) in [4.78, 5) is 9.90. The summed E-state index contributed by atoms with van der Waals surface area (Å²) in [5.41, 5.74) is 6.07. The van der Waals surface area contributed by atoms with Crippen LogP contribution in [0.1, 0.15) is 53.2 Å². The summed E-state index contributed by atoms with van der Waals surface area (Å²) in [5, 5.41) is 0. The van der Waals surface area contributed by atoms with Gasteiger partial charge in [-0.2, -0.15) is 0 Å². The van der Waals surface area contributed by atoms with Gasteiger partial charge in [0, 0.05) is 5.56 Å². The lowest BCUT2D eigenvalue weighted by Crippen LogP contribution is -2.36. The third-order valence-electron chi connectivity index (χ3n) is 7.24. The van der Waals surface area contributed by atoms with Gasteiger partial charge in [0.2, 0.25) is 0 Å². The summed E-state index contributed by atoms with van der Waals surface area (Å²) in [6.07, 6.45) is 7.16. The van der Waals surface area contributed by atoms with Crippen molar-refractivity contribution in [3.63, 3.8) is 0 Å². The molecule has 2 aromatic carbocycles. The third kappa shape index (κ3) is 4.93. The van der Waals surface area contributed by atoms with Crippen LogP contribution in [0.5, 0.6) is 0 Å². The molecular formula is C30H35BN2O. The van der Waals surface area contributed by atoms with Gasteiger partial charge in [-0.05, 0) is 54.7 Å². The van der Waals surface area contributed by atoms with Crippen LogP contribution in [0.4, 0.5) is 0 Å². The SMILES string of the molecule is C=C/C(=C\CCC)c1cc(-c2cccc(B3CC(C)(C)C(C)(C)O3)c2)nc(-c2ccccc2)n1. The normalized spacial score (nSPS) is 17.1. The minimum Gasteiger partial charge on any atom is -0.426 e. The number of allylic oxidation sites excluding steroid dienone is 3. The zero-order valence-electron chi connectivity index (χ0n) is 21.1. The monoisotopic (exact) mass is 450 g/mol. The lowest BCUT2D eigenvalue weighted by molar-refractivity contribution is 0.0375. The number of nitrogens with zero attached hydrogens (tertiary/aromatic N) is 2. The van der Waals surface area contributed by atoms with E-state index in [1.54, 1.807) is 0 Å². The predicted octanol–water partition coefficient (Wildman–Crippen LogP) is 7.21. The van der Waals surface area contributed by atoms with Crippen molar-refractivity contribution in [1.29, 1.82) is 0 Å². The van der Waals surface area contributed by atoms with Crippen LogP contribution < -0.4 is 5.46 Å². The van der Waals surface area contributed by atoms with Crippen molar-refractivity contribution in [1.82, 2.24) is 9.97 Å². The van der Waals surface area contributed by atoms with Crippen molar-refractivity contribution < 1.29 is 4.65 Å². The summed E-state index contributed by atoms with van der Waals surface area (Å²) in [7, 11) is 0. The first-order chi connectivity index (χ1) is 16.2. The second-order valence-corrected chi connectivity index (χ2v) is 10.3. The van der Waals surface area contributed by atoms with E-state index in [-0.39, 0.29) is 17.9 Å². The van der Waals surface area contributed by atoms with Crippen molar-refractivity contribution in [2.24, 2.45) is 5.41 Å². The first-order valence-electron chi connectivity index (χ1n) is 12.3. The number of benzene rings is 2. The van der Waals surface area contributed by atoms with E-state index >= 15 is 0 Å². The molecule has 0 bridgehead atoms. The Hall–Kier alpha value is -2.98. The summed E-state index contributed by atoms with van der Waals surface area (Å²) >= 11 is 0. The van der Waals surface area contributed by atoms with Crippen molar-refractivity contribution in [3.05, 3.63) is 85.1 Å². The molecule has 1 aliphatic rings. The van der Waals surface area contributed by atoms with Crippen LogP contribution in [0.3, 0.4) is 0 Å². The van der Waals surface area contributed by atoms with Gasteiger partial charge < -0.3 is 4.65 Å². The van der Waals surface area contributed by atoms with E-state index in [1.165, 1.54) is 5.46 Å². The van der Waals surface area contributed by atoms with Gasteiger partial charge in [0.25, 0.3) is 0 Å². The molecule has 0 atom stereocenters. The first-order valence-corrected chi connectivity index (χ1v) is 12.3. The maximum Gasteiger partial charge on any atom is 0.327 e. The van der Waals surface area contributed by atoms with E-state index in [1.807, 2.05) is 24.3 Å². The highest BCUT2D eigenvalue weighted by molar-refractivity contribution is 6.68. The number of aromatic nitrogens is 2. The Morgan fingerprint density at radius 2 is 1.74 bits per heavy atom. The van der Waals surface area contributed by atoms with Crippen molar-refractivity contribution in [2.45, 2.75) is 59.4 Å². The van der Waals surface area contributed by atoms with Crippen LogP contribution in [0.2, 0.25) is 6.32 Å². The Labute approximate surface area is 205 Å².